The van der Waals surface area contributed by atoms with Gasteiger partial charge in [-0.25, -0.2) is 0 Å². The van der Waals surface area contributed by atoms with Gasteiger partial charge in [0.2, 0.25) is 0 Å². The fourth-order valence-electron chi connectivity index (χ4n) is 4.41. The average Bonchev–Trinajstić information content (AvgIpc) is 2.38. The van der Waals surface area contributed by atoms with Gasteiger partial charge >= 0.3 is 0 Å². The molecule has 110 valence electrons. The molecular weight excluding hydrogens is 248 g/mol. The molecule has 20 heavy (non-hydrogen) atoms. The van der Waals surface area contributed by atoms with Crippen LogP contribution in [0, 0.1) is 13.8 Å². The van der Waals surface area contributed by atoms with Crippen molar-refractivity contribution in [2.45, 2.75) is 70.4 Å². The molecule has 1 saturated carbocycles. The van der Waals surface area contributed by atoms with Gasteiger partial charge in [-0.3, -0.25) is 4.79 Å². The standard InChI is InChI=1S/C17H26N2O/c1-13-10-16(20)11-14(2)19(13)15-6-9-18-17(12-15)7-4-3-5-8-17/h10-11,15,18H,3-9,12H2,1-2H3. The Kier molecular flexibility index (Phi) is 3.72. The SMILES string of the molecule is Cc1cc(=O)cc(C)n1C1CCNC2(CCCCC2)C1. The van der Waals surface area contributed by atoms with Crippen molar-refractivity contribution in [1.29, 1.82) is 0 Å². The summed E-state index contributed by atoms with van der Waals surface area (Å²) in [5.41, 5.74) is 2.74. The van der Waals surface area contributed by atoms with E-state index in [0.717, 1.165) is 17.9 Å². The highest BCUT2D eigenvalue weighted by Crippen LogP contribution is 2.39. The van der Waals surface area contributed by atoms with E-state index in [4.69, 9.17) is 0 Å². The topological polar surface area (TPSA) is 34.0 Å². The molecule has 1 saturated heterocycles. The Morgan fingerprint density at radius 3 is 2.45 bits per heavy atom. The monoisotopic (exact) mass is 274 g/mol. The summed E-state index contributed by atoms with van der Waals surface area (Å²) in [6.45, 7) is 5.25. The maximum absolute atomic E-state index is 11.6. The van der Waals surface area contributed by atoms with Gasteiger partial charge in [0.05, 0.1) is 0 Å². The average molecular weight is 274 g/mol. The summed E-state index contributed by atoms with van der Waals surface area (Å²) in [7, 11) is 0. The first-order chi connectivity index (χ1) is 9.60. The number of hydrogen-bond acceptors (Lipinski definition) is 2. The zero-order valence-electron chi connectivity index (χ0n) is 12.7. The molecular formula is C17H26N2O. The Labute approximate surface area is 121 Å². The van der Waals surface area contributed by atoms with Crippen LogP contribution < -0.4 is 10.7 Å². The molecule has 1 aliphatic heterocycles. The minimum absolute atomic E-state index is 0.137. The summed E-state index contributed by atoms with van der Waals surface area (Å²) in [5, 5.41) is 3.81. The molecule has 3 nitrogen and oxygen atoms in total. The second-order valence-corrected chi connectivity index (χ2v) is 6.76. The second-order valence-electron chi connectivity index (χ2n) is 6.76. The van der Waals surface area contributed by atoms with Crippen molar-refractivity contribution in [1.82, 2.24) is 9.88 Å². The summed E-state index contributed by atoms with van der Waals surface area (Å²) in [6, 6.07) is 4.11. The number of piperidine rings is 1. The molecule has 2 heterocycles. The van der Waals surface area contributed by atoms with Crippen LogP contribution in [-0.2, 0) is 0 Å². The normalized spacial score (nSPS) is 25.8. The Bertz CT molecular complexity index is 509. The van der Waals surface area contributed by atoms with Crippen molar-refractivity contribution in [2.24, 2.45) is 0 Å². The predicted octanol–water partition coefficient (Wildman–Crippen LogP) is 3.09. The fourth-order valence-corrected chi connectivity index (χ4v) is 4.41. The van der Waals surface area contributed by atoms with E-state index in [-0.39, 0.29) is 5.43 Å². The fraction of sp³-hybridized carbons (Fsp3) is 0.706. The van der Waals surface area contributed by atoms with E-state index < -0.39 is 0 Å². The lowest BCUT2D eigenvalue weighted by molar-refractivity contribution is 0.144. The Balaban J connectivity index is 1.89. The zero-order chi connectivity index (χ0) is 14.2. The Morgan fingerprint density at radius 2 is 1.80 bits per heavy atom. The number of pyridine rings is 1. The lowest BCUT2D eigenvalue weighted by Gasteiger charge is -2.46. The van der Waals surface area contributed by atoms with E-state index >= 15 is 0 Å². The Morgan fingerprint density at radius 1 is 1.15 bits per heavy atom. The Hall–Kier alpha value is -1.09. The van der Waals surface area contributed by atoms with Crippen LogP contribution in [0.4, 0.5) is 0 Å². The van der Waals surface area contributed by atoms with Crippen molar-refractivity contribution in [3.05, 3.63) is 33.7 Å². The highest BCUT2D eigenvalue weighted by Gasteiger charge is 2.37. The quantitative estimate of drug-likeness (QED) is 0.854. The van der Waals surface area contributed by atoms with E-state index in [1.54, 1.807) is 12.1 Å². The number of rotatable bonds is 1. The van der Waals surface area contributed by atoms with Gasteiger partial charge in [-0.2, -0.15) is 0 Å². The minimum Gasteiger partial charge on any atom is -0.346 e. The third-order valence-corrected chi connectivity index (χ3v) is 5.24. The van der Waals surface area contributed by atoms with Crippen molar-refractivity contribution >= 4 is 0 Å². The van der Waals surface area contributed by atoms with E-state index in [1.165, 1.54) is 44.9 Å². The van der Waals surface area contributed by atoms with Gasteiger partial charge < -0.3 is 9.88 Å². The first-order valence-electron chi connectivity index (χ1n) is 8.04. The molecule has 1 N–H and O–H groups in total. The zero-order valence-corrected chi connectivity index (χ0v) is 12.7. The van der Waals surface area contributed by atoms with Crippen molar-refractivity contribution in [3.8, 4) is 0 Å². The number of nitrogens with zero attached hydrogens (tertiary/aromatic N) is 1. The third-order valence-electron chi connectivity index (χ3n) is 5.24. The predicted molar refractivity (Wildman–Crippen MR) is 82.3 cm³/mol. The molecule has 2 aliphatic rings. The number of aryl methyl sites for hydroxylation is 2. The van der Waals surface area contributed by atoms with Gasteiger partial charge in [-0.1, -0.05) is 19.3 Å². The van der Waals surface area contributed by atoms with E-state index in [1.807, 2.05) is 0 Å². The van der Waals surface area contributed by atoms with Gasteiger partial charge in [-0.05, 0) is 46.1 Å². The van der Waals surface area contributed by atoms with Crippen LogP contribution >= 0.6 is 0 Å². The molecule has 1 aromatic heterocycles. The smallest absolute Gasteiger partial charge is 0.182 e. The van der Waals surface area contributed by atoms with E-state index in [0.29, 0.717) is 11.6 Å². The van der Waals surface area contributed by atoms with Crippen LogP contribution in [0.5, 0.6) is 0 Å². The van der Waals surface area contributed by atoms with Crippen molar-refractivity contribution < 1.29 is 0 Å². The third kappa shape index (κ3) is 2.56. The second kappa shape index (κ2) is 5.36. The summed E-state index contributed by atoms with van der Waals surface area (Å²) in [5.74, 6) is 0. The van der Waals surface area contributed by atoms with Crippen LogP contribution in [0.25, 0.3) is 0 Å². The summed E-state index contributed by atoms with van der Waals surface area (Å²) >= 11 is 0. The number of hydrogen-bond donors (Lipinski definition) is 1. The summed E-state index contributed by atoms with van der Waals surface area (Å²) in [6.07, 6.45) is 9.15. The van der Waals surface area contributed by atoms with Crippen LogP contribution in [0.2, 0.25) is 0 Å². The van der Waals surface area contributed by atoms with Crippen LogP contribution in [0.1, 0.15) is 62.4 Å². The van der Waals surface area contributed by atoms with Crippen LogP contribution in [0.15, 0.2) is 16.9 Å². The number of aromatic nitrogens is 1. The van der Waals surface area contributed by atoms with Gasteiger partial charge in [0.15, 0.2) is 5.43 Å². The molecule has 0 bridgehead atoms. The number of nitrogens with one attached hydrogen (secondary N) is 1. The highest BCUT2D eigenvalue weighted by atomic mass is 16.1. The van der Waals surface area contributed by atoms with E-state index in [9.17, 15) is 4.79 Å². The highest BCUT2D eigenvalue weighted by molar-refractivity contribution is 5.15. The van der Waals surface area contributed by atoms with Gasteiger partial charge in [-0.15, -0.1) is 0 Å². The first-order valence-corrected chi connectivity index (χ1v) is 8.04. The van der Waals surface area contributed by atoms with Crippen LogP contribution in [-0.4, -0.2) is 16.7 Å². The molecule has 2 fully saturated rings. The lowest BCUT2D eigenvalue weighted by atomic mass is 9.74. The molecule has 1 aliphatic carbocycles. The van der Waals surface area contributed by atoms with Gasteiger partial charge in [0, 0.05) is 35.1 Å². The molecule has 0 radical (unpaired) electrons. The maximum Gasteiger partial charge on any atom is 0.182 e. The molecule has 0 amide bonds. The van der Waals surface area contributed by atoms with Crippen molar-refractivity contribution in [2.75, 3.05) is 6.54 Å². The summed E-state index contributed by atoms with van der Waals surface area (Å²) in [4.78, 5) is 11.6. The van der Waals surface area contributed by atoms with Gasteiger partial charge in [0.25, 0.3) is 0 Å². The molecule has 1 atom stereocenters. The molecule has 1 spiro atoms. The lowest BCUT2D eigenvalue weighted by Crippen LogP contribution is -2.52. The molecule has 0 aromatic carbocycles. The molecule has 1 aromatic rings. The van der Waals surface area contributed by atoms with E-state index in [2.05, 4.69) is 23.7 Å². The largest absolute Gasteiger partial charge is 0.346 e. The molecule has 1 unspecified atom stereocenters. The minimum atomic E-state index is 0.137. The molecule has 3 heteroatoms. The molecule has 3 rings (SSSR count). The first kappa shape index (κ1) is 13.9. The van der Waals surface area contributed by atoms with Crippen molar-refractivity contribution in [3.63, 3.8) is 0 Å². The maximum atomic E-state index is 11.6. The van der Waals surface area contributed by atoms with Crippen LogP contribution in [0.3, 0.4) is 0 Å². The van der Waals surface area contributed by atoms with Gasteiger partial charge in [0.1, 0.15) is 0 Å². The summed E-state index contributed by atoms with van der Waals surface area (Å²) < 4.78 is 2.40.